The van der Waals surface area contributed by atoms with Crippen LogP contribution >= 0.6 is 11.3 Å². The van der Waals surface area contributed by atoms with Crippen molar-refractivity contribution in [1.82, 2.24) is 9.97 Å². The van der Waals surface area contributed by atoms with Crippen molar-refractivity contribution in [2.75, 3.05) is 0 Å². The third-order valence-electron chi connectivity index (χ3n) is 4.50. The fraction of sp³-hybridized carbons (Fsp3) is 0.190. The summed E-state index contributed by atoms with van der Waals surface area (Å²) in [4.78, 5) is 8.63. The largest absolute Gasteiger partial charge is 0.485 e. The van der Waals surface area contributed by atoms with Crippen LogP contribution in [0.1, 0.15) is 29.2 Å². The minimum absolute atomic E-state index is 0.229. The Morgan fingerprint density at radius 3 is 2.54 bits per heavy atom. The Morgan fingerprint density at radius 1 is 1.07 bits per heavy atom. The maximum atomic E-state index is 12.7. The van der Waals surface area contributed by atoms with E-state index >= 15 is 0 Å². The van der Waals surface area contributed by atoms with Gasteiger partial charge in [0, 0.05) is 23.3 Å². The van der Waals surface area contributed by atoms with Gasteiger partial charge < -0.3 is 9.72 Å². The zero-order valence-corrected chi connectivity index (χ0v) is 16.0. The first-order valence-electron chi connectivity index (χ1n) is 8.70. The van der Waals surface area contributed by atoms with E-state index in [1.807, 2.05) is 44.3 Å². The topological polar surface area (TPSA) is 37.9 Å². The maximum Gasteiger partial charge on any atom is 0.416 e. The molecule has 0 aliphatic rings. The normalized spacial score (nSPS) is 13.0. The van der Waals surface area contributed by atoms with Gasteiger partial charge in [-0.1, -0.05) is 12.1 Å². The van der Waals surface area contributed by atoms with Crippen LogP contribution in [-0.2, 0) is 6.18 Å². The fourth-order valence-electron chi connectivity index (χ4n) is 3.07. The molecule has 0 saturated carbocycles. The number of nitrogens with zero attached hydrogens (tertiary/aromatic N) is 1. The number of aromatic amines is 1. The van der Waals surface area contributed by atoms with Crippen molar-refractivity contribution < 1.29 is 17.9 Å². The van der Waals surface area contributed by atoms with Crippen LogP contribution in [0.15, 0.2) is 54.7 Å². The van der Waals surface area contributed by atoms with Gasteiger partial charge in [-0.2, -0.15) is 13.2 Å². The van der Waals surface area contributed by atoms with Gasteiger partial charge in [0.25, 0.3) is 0 Å². The Kier molecular flexibility index (Phi) is 4.63. The minimum Gasteiger partial charge on any atom is -0.485 e. The summed E-state index contributed by atoms with van der Waals surface area (Å²) in [5, 5.41) is 1.79. The van der Waals surface area contributed by atoms with Gasteiger partial charge in [-0.15, -0.1) is 11.3 Å². The van der Waals surface area contributed by atoms with E-state index < -0.39 is 11.7 Å². The number of aryl methyl sites for hydroxylation is 1. The van der Waals surface area contributed by atoms with Crippen molar-refractivity contribution in [2.24, 2.45) is 0 Å². The van der Waals surface area contributed by atoms with Crippen LogP contribution in [0.2, 0.25) is 0 Å². The summed E-state index contributed by atoms with van der Waals surface area (Å²) in [5.41, 5.74) is 1.80. The summed E-state index contributed by atoms with van der Waals surface area (Å²) >= 11 is 1.43. The summed E-state index contributed by atoms with van der Waals surface area (Å²) < 4.78 is 44.3. The fourth-order valence-corrected chi connectivity index (χ4v) is 4.12. The van der Waals surface area contributed by atoms with Gasteiger partial charge in [0.1, 0.15) is 16.9 Å². The molecule has 7 heteroatoms. The number of hydrogen-bond acceptors (Lipinski definition) is 3. The Hall–Kier alpha value is -2.80. The molecule has 0 bridgehead atoms. The number of hydrogen-bond donors (Lipinski definition) is 1. The Balaban J connectivity index is 1.56. The standard InChI is InChI=1S/C21H17F3N2OS/c1-12-19(13(2)27-17-8-5-14-9-10-25-18(14)11-17)28-20(26-12)15-3-6-16(7-4-15)21(22,23)24/h3-11,13,25H,1-2H3. The van der Waals surface area contributed by atoms with Crippen LogP contribution in [0.3, 0.4) is 0 Å². The molecule has 0 aliphatic heterocycles. The van der Waals surface area contributed by atoms with Gasteiger partial charge in [0.2, 0.25) is 0 Å². The van der Waals surface area contributed by atoms with E-state index in [1.54, 1.807) is 0 Å². The van der Waals surface area contributed by atoms with Crippen molar-refractivity contribution in [3.05, 3.63) is 70.9 Å². The van der Waals surface area contributed by atoms with E-state index in [9.17, 15) is 13.2 Å². The summed E-state index contributed by atoms with van der Waals surface area (Å²) in [5.74, 6) is 0.742. The van der Waals surface area contributed by atoms with Gasteiger partial charge in [0.05, 0.1) is 16.1 Å². The third-order valence-corrected chi connectivity index (χ3v) is 5.87. The molecule has 1 N–H and O–H groups in total. The molecular weight excluding hydrogens is 385 g/mol. The van der Waals surface area contributed by atoms with Gasteiger partial charge >= 0.3 is 6.18 Å². The lowest BCUT2D eigenvalue weighted by molar-refractivity contribution is -0.137. The summed E-state index contributed by atoms with van der Waals surface area (Å²) in [6.45, 7) is 3.82. The Bertz CT molecular complexity index is 1110. The summed E-state index contributed by atoms with van der Waals surface area (Å²) in [7, 11) is 0. The lowest BCUT2D eigenvalue weighted by Crippen LogP contribution is -2.03. The van der Waals surface area contributed by atoms with Crippen LogP contribution in [-0.4, -0.2) is 9.97 Å². The van der Waals surface area contributed by atoms with Crippen molar-refractivity contribution in [2.45, 2.75) is 26.1 Å². The molecule has 0 saturated heterocycles. The number of benzene rings is 2. The zero-order chi connectivity index (χ0) is 19.9. The lowest BCUT2D eigenvalue weighted by Gasteiger charge is -2.13. The smallest absolute Gasteiger partial charge is 0.416 e. The Morgan fingerprint density at radius 2 is 1.82 bits per heavy atom. The first-order chi connectivity index (χ1) is 13.3. The van der Waals surface area contributed by atoms with E-state index in [1.165, 1.54) is 23.5 Å². The van der Waals surface area contributed by atoms with Crippen LogP contribution in [0.5, 0.6) is 5.75 Å². The SMILES string of the molecule is Cc1nc(-c2ccc(C(F)(F)F)cc2)sc1C(C)Oc1ccc2cc[nH]c2c1. The number of aromatic nitrogens is 2. The zero-order valence-electron chi connectivity index (χ0n) is 15.2. The molecule has 0 radical (unpaired) electrons. The van der Waals surface area contributed by atoms with Gasteiger partial charge in [0.15, 0.2) is 0 Å². The molecule has 3 nitrogen and oxygen atoms in total. The molecule has 28 heavy (non-hydrogen) atoms. The molecule has 2 aromatic heterocycles. The molecule has 0 spiro atoms. The van der Waals surface area contributed by atoms with Crippen molar-refractivity contribution in [3.63, 3.8) is 0 Å². The highest BCUT2D eigenvalue weighted by Crippen LogP contribution is 2.36. The monoisotopic (exact) mass is 402 g/mol. The van der Waals surface area contributed by atoms with Crippen LogP contribution in [0, 0.1) is 6.92 Å². The van der Waals surface area contributed by atoms with E-state index in [0.717, 1.165) is 39.4 Å². The predicted octanol–water partition coefficient (Wildman–Crippen LogP) is 6.76. The number of rotatable bonds is 4. The quantitative estimate of drug-likeness (QED) is 0.410. The molecule has 4 rings (SSSR count). The number of alkyl halides is 3. The van der Waals surface area contributed by atoms with Gasteiger partial charge in [-0.05, 0) is 49.6 Å². The number of halogens is 3. The molecule has 0 fully saturated rings. The summed E-state index contributed by atoms with van der Waals surface area (Å²) in [6, 6.07) is 12.9. The lowest BCUT2D eigenvalue weighted by atomic mass is 10.1. The predicted molar refractivity (Wildman–Crippen MR) is 105 cm³/mol. The average molecular weight is 402 g/mol. The van der Waals surface area contributed by atoms with Gasteiger partial charge in [-0.25, -0.2) is 4.98 Å². The molecule has 2 heterocycles. The van der Waals surface area contributed by atoms with Crippen LogP contribution < -0.4 is 4.74 Å². The third kappa shape index (κ3) is 3.62. The molecular formula is C21H17F3N2OS. The molecule has 0 aliphatic carbocycles. The highest BCUT2D eigenvalue weighted by Gasteiger charge is 2.30. The van der Waals surface area contributed by atoms with Crippen LogP contribution in [0.4, 0.5) is 13.2 Å². The second-order valence-electron chi connectivity index (χ2n) is 6.53. The second kappa shape index (κ2) is 6.98. The number of H-pyrrole nitrogens is 1. The molecule has 1 unspecified atom stereocenters. The first-order valence-corrected chi connectivity index (χ1v) is 9.51. The molecule has 4 aromatic rings. The summed E-state index contributed by atoms with van der Waals surface area (Å²) in [6.07, 6.45) is -2.69. The van der Waals surface area contributed by atoms with E-state index in [0.29, 0.717) is 10.6 Å². The van der Waals surface area contributed by atoms with E-state index in [2.05, 4.69) is 9.97 Å². The number of thiazole rings is 1. The van der Waals surface area contributed by atoms with Crippen molar-refractivity contribution in [3.8, 4) is 16.3 Å². The van der Waals surface area contributed by atoms with E-state index in [4.69, 9.17) is 4.74 Å². The van der Waals surface area contributed by atoms with E-state index in [-0.39, 0.29) is 6.10 Å². The van der Waals surface area contributed by atoms with Crippen molar-refractivity contribution >= 4 is 22.2 Å². The highest BCUT2D eigenvalue weighted by molar-refractivity contribution is 7.15. The first kappa shape index (κ1) is 18.6. The van der Waals surface area contributed by atoms with Crippen LogP contribution in [0.25, 0.3) is 21.5 Å². The Labute approximate surface area is 163 Å². The average Bonchev–Trinajstić information content (AvgIpc) is 3.27. The van der Waals surface area contributed by atoms with Gasteiger partial charge in [-0.3, -0.25) is 0 Å². The highest BCUT2D eigenvalue weighted by atomic mass is 32.1. The second-order valence-corrected chi connectivity index (χ2v) is 7.56. The number of ether oxygens (including phenoxy) is 1. The molecule has 2 aromatic carbocycles. The van der Waals surface area contributed by atoms with Crippen molar-refractivity contribution in [1.29, 1.82) is 0 Å². The number of nitrogens with one attached hydrogen (secondary N) is 1. The number of fused-ring (bicyclic) bond motifs is 1. The molecule has 1 atom stereocenters. The molecule has 0 amide bonds. The minimum atomic E-state index is -4.34. The maximum absolute atomic E-state index is 12.7. The molecule has 144 valence electrons.